The molecular formula is C27H30N4O2S2. The first-order valence-corrected chi connectivity index (χ1v) is 14.2. The smallest absolute Gasteiger partial charge is 0.246 e. The van der Waals surface area contributed by atoms with Crippen LogP contribution in [-0.4, -0.2) is 53.6 Å². The van der Waals surface area contributed by atoms with Crippen molar-refractivity contribution >= 4 is 21.4 Å². The van der Waals surface area contributed by atoms with Crippen molar-refractivity contribution < 1.29 is 8.42 Å². The van der Waals surface area contributed by atoms with Gasteiger partial charge in [0.1, 0.15) is 10.6 Å². The standard InChI is InChI=1S/C27H30N4O2S2/c1-21(2)31-20-25(26(28-31)24-14-9-19-34-24)35(32,33)30-17-15-29(16-18-30)27(22-10-5-3-6-11-22)23-12-7-4-8-13-23/h3-14,19-21,27H,15-18H2,1-2H3. The van der Waals surface area contributed by atoms with Crippen molar-refractivity contribution in [3.8, 4) is 10.6 Å². The molecule has 0 saturated carbocycles. The molecule has 35 heavy (non-hydrogen) atoms. The van der Waals surface area contributed by atoms with Gasteiger partial charge in [0, 0.05) is 38.4 Å². The third-order valence-corrected chi connectivity index (χ3v) is 9.25. The van der Waals surface area contributed by atoms with Gasteiger partial charge in [-0.2, -0.15) is 9.40 Å². The number of aromatic nitrogens is 2. The number of benzene rings is 2. The van der Waals surface area contributed by atoms with Gasteiger partial charge in [0.05, 0.1) is 10.9 Å². The Hall–Kier alpha value is -2.78. The Morgan fingerprint density at radius 1 is 0.829 bits per heavy atom. The fourth-order valence-electron chi connectivity index (χ4n) is 4.64. The van der Waals surface area contributed by atoms with Gasteiger partial charge in [-0.25, -0.2) is 8.42 Å². The molecule has 1 aliphatic rings. The van der Waals surface area contributed by atoms with Crippen LogP contribution >= 0.6 is 11.3 Å². The summed E-state index contributed by atoms with van der Waals surface area (Å²) in [6, 6.07) is 24.9. The second-order valence-corrected chi connectivity index (χ2v) is 11.9. The van der Waals surface area contributed by atoms with E-state index in [-0.39, 0.29) is 12.1 Å². The molecule has 0 amide bonds. The maximum absolute atomic E-state index is 13.8. The maximum atomic E-state index is 13.8. The molecular weight excluding hydrogens is 476 g/mol. The SMILES string of the molecule is CC(C)n1cc(S(=O)(=O)N2CCN(C(c3ccccc3)c3ccccc3)CC2)c(-c2cccs2)n1. The van der Waals surface area contributed by atoms with Crippen LogP contribution in [0.4, 0.5) is 0 Å². The summed E-state index contributed by atoms with van der Waals surface area (Å²) >= 11 is 1.51. The minimum atomic E-state index is -3.68. The Morgan fingerprint density at radius 2 is 1.43 bits per heavy atom. The number of rotatable bonds is 7. The number of nitrogens with zero attached hydrogens (tertiary/aromatic N) is 4. The molecule has 4 aromatic rings. The van der Waals surface area contributed by atoms with Crippen LogP contribution in [0.2, 0.25) is 0 Å². The average molecular weight is 507 g/mol. The van der Waals surface area contributed by atoms with Gasteiger partial charge in [-0.05, 0) is 36.4 Å². The van der Waals surface area contributed by atoms with Gasteiger partial charge in [0.25, 0.3) is 0 Å². The number of sulfonamides is 1. The molecule has 2 aromatic heterocycles. The van der Waals surface area contributed by atoms with Gasteiger partial charge in [-0.15, -0.1) is 11.3 Å². The molecule has 1 aliphatic heterocycles. The van der Waals surface area contributed by atoms with Gasteiger partial charge in [-0.1, -0.05) is 66.7 Å². The molecule has 5 rings (SSSR count). The van der Waals surface area contributed by atoms with Crippen LogP contribution < -0.4 is 0 Å². The molecule has 0 aliphatic carbocycles. The minimum absolute atomic E-state index is 0.0759. The topological polar surface area (TPSA) is 58.4 Å². The van der Waals surface area contributed by atoms with Crippen molar-refractivity contribution in [2.24, 2.45) is 0 Å². The van der Waals surface area contributed by atoms with Crippen LogP contribution in [-0.2, 0) is 10.0 Å². The van der Waals surface area contributed by atoms with E-state index in [1.54, 1.807) is 15.2 Å². The van der Waals surface area contributed by atoms with Gasteiger partial charge < -0.3 is 0 Å². The molecule has 0 bridgehead atoms. The largest absolute Gasteiger partial charge is 0.290 e. The van der Waals surface area contributed by atoms with Gasteiger partial charge >= 0.3 is 0 Å². The van der Waals surface area contributed by atoms with E-state index in [0.717, 1.165) is 4.88 Å². The van der Waals surface area contributed by atoms with E-state index in [4.69, 9.17) is 0 Å². The predicted molar refractivity (Wildman–Crippen MR) is 141 cm³/mol. The number of hydrogen-bond acceptors (Lipinski definition) is 5. The normalized spacial score (nSPS) is 15.8. The van der Waals surface area contributed by atoms with Crippen molar-refractivity contribution in [1.82, 2.24) is 19.0 Å². The van der Waals surface area contributed by atoms with Crippen LogP contribution in [0, 0.1) is 0 Å². The molecule has 3 heterocycles. The summed E-state index contributed by atoms with van der Waals surface area (Å²) in [5, 5.41) is 6.60. The summed E-state index contributed by atoms with van der Waals surface area (Å²) in [5.74, 6) is 0. The predicted octanol–water partition coefficient (Wildman–Crippen LogP) is 5.29. The summed E-state index contributed by atoms with van der Waals surface area (Å²) in [6.07, 6.45) is 1.69. The summed E-state index contributed by atoms with van der Waals surface area (Å²) in [6.45, 7) is 6.20. The maximum Gasteiger partial charge on any atom is 0.246 e. The zero-order valence-electron chi connectivity index (χ0n) is 20.0. The molecule has 0 atom stereocenters. The molecule has 2 aromatic carbocycles. The number of thiophene rings is 1. The molecule has 1 saturated heterocycles. The molecule has 182 valence electrons. The lowest BCUT2D eigenvalue weighted by Gasteiger charge is -2.39. The Balaban J connectivity index is 1.41. The van der Waals surface area contributed by atoms with Crippen molar-refractivity contribution in [3.63, 3.8) is 0 Å². The molecule has 0 spiro atoms. The Bertz CT molecular complexity index is 1300. The lowest BCUT2D eigenvalue weighted by atomic mass is 9.96. The van der Waals surface area contributed by atoms with E-state index in [9.17, 15) is 8.42 Å². The summed E-state index contributed by atoms with van der Waals surface area (Å²) in [5.41, 5.74) is 2.98. The first kappa shape index (κ1) is 23.9. The van der Waals surface area contributed by atoms with Gasteiger partial charge in [0.15, 0.2) is 0 Å². The lowest BCUT2D eigenvalue weighted by molar-refractivity contribution is 0.156. The minimum Gasteiger partial charge on any atom is -0.290 e. The van der Waals surface area contributed by atoms with Crippen LogP contribution in [0.25, 0.3) is 10.6 Å². The lowest BCUT2D eigenvalue weighted by Crippen LogP contribution is -2.49. The van der Waals surface area contributed by atoms with Crippen molar-refractivity contribution in [2.75, 3.05) is 26.2 Å². The highest BCUT2D eigenvalue weighted by atomic mass is 32.2. The molecule has 1 fully saturated rings. The van der Waals surface area contributed by atoms with Crippen molar-refractivity contribution in [2.45, 2.75) is 30.8 Å². The van der Waals surface area contributed by atoms with Crippen molar-refractivity contribution in [1.29, 1.82) is 0 Å². The first-order chi connectivity index (χ1) is 16.9. The highest BCUT2D eigenvalue weighted by Crippen LogP contribution is 2.34. The number of hydrogen-bond donors (Lipinski definition) is 0. The number of piperazine rings is 1. The molecule has 8 heteroatoms. The van der Waals surface area contributed by atoms with Crippen LogP contribution in [0.15, 0.2) is 89.3 Å². The van der Waals surface area contributed by atoms with Crippen LogP contribution in [0.1, 0.15) is 37.1 Å². The van der Waals surface area contributed by atoms with E-state index in [1.165, 1.54) is 22.5 Å². The third kappa shape index (κ3) is 4.84. The van der Waals surface area contributed by atoms with Gasteiger partial charge in [0.2, 0.25) is 10.0 Å². The van der Waals surface area contributed by atoms with E-state index < -0.39 is 10.0 Å². The molecule has 0 radical (unpaired) electrons. The quantitative estimate of drug-likeness (QED) is 0.342. The second kappa shape index (κ2) is 10.1. The Labute approximate surface area is 211 Å². The van der Waals surface area contributed by atoms with E-state index in [2.05, 4.69) is 58.5 Å². The van der Waals surface area contributed by atoms with E-state index >= 15 is 0 Å². The van der Waals surface area contributed by atoms with Gasteiger partial charge in [-0.3, -0.25) is 9.58 Å². The third-order valence-electron chi connectivity index (χ3n) is 6.47. The van der Waals surface area contributed by atoms with Crippen LogP contribution in [0.3, 0.4) is 0 Å². The molecule has 0 unspecified atom stereocenters. The zero-order valence-corrected chi connectivity index (χ0v) is 21.6. The Kier molecular flexibility index (Phi) is 6.88. The summed E-state index contributed by atoms with van der Waals surface area (Å²) < 4.78 is 31.0. The highest BCUT2D eigenvalue weighted by molar-refractivity contribution is 7.89. The fraction of sp³-hybridized carbons (Fsp3) is 0.296. The second-order valence-electron chi connectivity index (χ2n) is 9.06. The first-order valence-electron chi connectivity index (χ1n) is 11.9. The summed E-state index contributed by atoms with van der Waals surface area (Å²) in [7, 11) is -3.68. The van der Waals surface area contributed by atoms with Crippen molar-refractivity contribution in [3.05, 3.63) is 95.5 Å². The molecule has 0 N–H and O–H groups in total. The zero-order chi connectivity index (χ0) is 24.4. The average Bonchev–Trinajstić information content (AvgIpc) is 3.57. The fourth-order valence-corrected chi connectivity index (χ4v) is 6.98. The monoisotopic (exact) mass is 506 g/mol. The van der Waals surface area contributed by atoms with E-state index in [1.807, 2.05) is 43.5 Å². The van der Waals surface area contributed by atoms with Crippen LogP contribution in [0.5, 0.6) is 0 Å². The Morgan fingerprint density at radius 3 is 1.94 bits per heavy atom. The van der Waals surface area contributed by atoms with E-state index in [0.29, 0.717) is 36.8 Å². The summed E-state index contributed by atoms with van der Waals surface area (Å²) in [4.78, 5) is 3.55. The molecule has 6 nitrogen and oxygen atoms in total. The highest BCUT2D eigenvalue weighted by Gasteiger charge is 2.35.